The fourth-order valence-corrected chi connectivity index (χ4v) is 3.81. The quantitative estimate of drug-likeness (QED) is 0.0374. The van der Waals surface area contributed by atoms with Gasteiger partial charge in [-0.05, 0) is 30.2 Å². The fourth-order valence-electron chi connectivity index (χ4n) is 3.81. The van der Waals surface area contributed by atoms with E-state index in [1.807, 2.05) is 0 Å². The van der Waals surface area contributed by atoms with E-state index >= 15 is 0 Å². The highest BCUT2D eigenvalue weighted by molar-refractivity contribution is 6.14. The van der Waals surface area contributed by atoms with Crippen molar-refractivity contribution in [1.29, 1.82) is 0 Å². The Morgan fingerprint density at radius 2 is 1.57 bits per heavy atom. The normalized spacial score (nSPS) is 15.3. The molecule has 0 spiro atoms. The number of aliphatic carboxylic acids is 2. The standard InChI is InChI=1S/C27H35N3O14/c1-13(28-19(33)10-11-43-44-27(42)23(37)22(36)18(32)12-31)24(38)29-16-7-6-14-4-2-3-5-15(14)21(16)25(39)30-17(26(40)41)8-9-20(34)35/h2-7,13,17-18,22-23,27,31-32,36-37,42H,8-12H2,1H3,(H,28,33)(H,29,38)(H,30,39)(H,34,35)(H,40,41)/t13-,17?,18?,22?,23?,27-/m1/s1. The second-order valence-corrected chi connectivity index (χ2v) is 9.57. The number of hydrogen-bond donors (Lipinski definition) is 10. The molecule has 10 N–H and O–H groups in total. The number of carbonyl (C=O) groups is 5. The number of amides is 3. The van der Waals surface area contributed by atoms with Crippen LogP contribution in [0.15, 0.2) is 36.4 Å². The third kappa shape index (κ3) is 10.5. The van der Waals surface area contributed by atoms with Crippen molar-refractivity contribution >= 4 is 46.1 Å². The van der Waals surface area contributed by atoms with E-state index in [0.29, 0.717) is 10.8 Å². The van der Waals surface area contributed by atoms with Crippen molar-refractivity contribution in [3.63, 3.8) is 0 Å². The predicted octanol–water partition coefficient (Wildman–Crippen LogP) is -1.94. The molecular weight excluding hydrogens is 590 g/mol. The second-order valence-electron chi connectivity index (χ2n) is 9.57. The zero-order valence-corrected chi connectivity index (χ0v) is 23.5. The largest absolute Gasteiger partial charge is 0.481 e. The number of carbonyl (C=O) groups excluding carboxylic acids is 3. The number of hydrogen-bond acceptors (Lipinski definition) is 12. The van der Waals surface area contributed by atoms with Crippen molar-refractivity contribution < 1.29 is 69.5 Å². The number of fused-ring (bicyclic) bond motifs is 1. The summed E-state index contributed by atoms with van der Waals surface area (Å²) >= 11 is 0. The molecule has 17 heteroatoms. The van der Waals surface area contributed by atoms with Gasteiger partial charge in [-0.1, -0.05) is 30.3 Å². The SMILES string of the molecule is C[C@@H](NC(=O)CCOO[C@@H](O)C(O)C(O)C(O)CO)C(=O)Nc1ccc2ccccc2c1C(=O)NC(CCC(=O)O)C(=O)O. The number of benzene rings is 2. The molecule has 6 atom stereocenters. The summed E-state index contributed by atoms with van der Waals surface area (Å²) in [5.74, 6) is -5.03. The highest BCUT2D eigenvalue weighted by atomic mass is 17.2. The molecule has 4 unspecified atom stereocenters. The van der Waals surface area contributed by atoms with Crippen molar-refractivity contribution in [1.82, 2.24) is 10.6 Å². The molecule has 3 amide bonds. The fraction of sp³-hybridized carbons (Fsp3) is 0.444. The van der Waals surface area contributed by atoms with Crippen molar-refractivity contribution in [3.8, 4) is 0 Å². The highest BCUT2D eigenvalue weighted by Gasteiger charge is 2.31. The number of carboxylic acids is 2. The van der Waals surface area contributed by atoms with Crippen LogP contribution in [0.1, 0.15) is 36.5 Å². The molecule has 2 rings (SSSR count). The minimum atomic E-state index is -2.13. The first-order chi connectivity index (χ1) is 20.8. The third-order valence-electron chi connectivity index (χ3n) is 6.24. The summed E-state index contributed by atoms with van der Waals surface area (Å²) in [6, 6.07) is 6.93. The van der Waals surface area contributed by atoms with Crippen molar-refractivity contribution in [2.24, 2.45) is 0 Å². The molecule has 2 aromatic carbocycles. The van der Waals surface area contributed by atoms with E-state index in [-0.39, 0.29) is 17.7 Å². The lowest BCUT2D eigenvalue weighted by Gasteiger charge is -2.24. The summed E-state index contributed by atoms with van der Waals surface area (Å²) in [7, 11) is 0. The van der Waals surface area contributed by atoms with Crippen LogP contribution in [-0.2, 0) is 29.0 Å². The number of aliphatic hydroxyl groups is 5. The summed E-state index contributed by atoms with van der Waals surface area (Å²) in [6.07, 6.45) is -9.16. The molecule has 0 saturated heterocycles. The molecule has 0 aliphatic carbocycles. The van der Waals surface area contributed by atoms with E-state index < -0.39 is 92.4 Å². The molecule has 242 valence electrons. The van der Waals surface area contributed by atoms with Gasteiger partial charge in [-0.2, -0.15) is 0 Å². The van der Waals surface area contributed by atoms with Gasteiger partial charge >= 0.3 is 11.9 Å². The second kappa shape index (κ2) is 17.2. The molecule has 0 aliphatic heterocycles. The maximum absolute atomic E-state index is 13.3. The first-order valence-corrected chi connectivity index (χ1v) is 13.3. The van der Waals surface area contributed by atoms with Crippen molar-refractivity contribution in [2.75, 3.05) is 18.5 Å². The molecule has 0 fully saturated rings. The molecule has 44 heavy (non-hydrogen) atoms. The Morgan fingerprint density at radius 1 is 0.886 bits per heavy atom. The number of carboxylic acid groups (broad SMARTS) is 2. The van der Waals surface area contributed by atoms with Crippen molar-refractivity contribution in [2.45, 2.75) is 62.9 Å². The van der Waals surface area contributed by atoms with Gasteiger partial charge in [0.15, 0.2) is 0 Å². The number of anilines is 1. The molecule has 17 nitrogen and oxygen atoms in total. The summed E-state index contributed by atoms with van der Waals surface area (Å²) in [6.45, 7) is -0.0250. The Morgan fingerprint density at radius 3 is 2.20 bits per heavy atom. The molecule has 0 aromatic heterocycles. The highest BCUT2D eigenvalue weighted by Crippen LogP contribution is 2.27. The van der Waals surface area contributed by atoms with Crippen molar-refractivity contribution in [3.05, 3.63) is 42.0 Å². The van der Waals surface area contributed by atoms with Gasteiger partial charge in [0, 0.05) is 6.42 Å². The van der Waals surface area contributed by atoms with Gasteiger partial charge in [0.1, 0.15) is 30.4 Å². The zero-order chi connectivity index (χ0) is 33.0. The third-order valence-corrected chi connectivity index (χ3v) is 6.24. The molecule has 0 radical (unpaired) electrons. The van der Waals surface area contributed by atoms with Gasteiger partial charge in [-0.25, -0.2) is 14.6 Å². The van der Waals surface area contributed by atoms with Gasteiger partial charge < -0.3 is 51.7 Å². The first-order valence-electron chi connectivity index (χ1n) is 13.3. The predicted molar refractivity (Wildman–Crippen MR) is 149 cm³/mol. The van der Waals surface area contributed by atoms with E-state index in [0.717, 1.165) is 0 Å². The molecule has 0 bridgehead atoms. The Balaban J connectivity index is 2.03. The van der Waals surface area contributed by atoms with Gasteiger partial charge in [-0.15, -0.1) is 0 Å². The molecule has 0 aliphatic rings. The van der Waals surface area contributed by atoms with E-state index in [9.17, 15) is 49.5 Å². The Labute approximate surface area is 249 Å². The summed E-state index contributed by atoms with van der Waals surface area (Å²) in [5, 5.41) is 73.4. The lowest BCUT2D eigenvalue weighted by atomic mass is 10.0. The molecule has 2 aromatic rings. The van der Waals surface area contributed by atoms with Crippen LogP contribution in [0.3, 0.4) is 0 Å². The van der Waals surface area contributed by atoms with Crippen LogP contribution in [-0.4, -0.2) is 115 Å². The van der Waals surface area contributed by atoms with Crippen LogP contribution in [0.25, 0.3) is 10.8 Å². The van der Waals surface area contributed by atoms with Gasteiger partial charge in [0.25, 0.3) is 5.91 Å². The molecular formula is C27H35N3O14. The van der Waals surface area contributed by atoms with Crippen LogP contribution in [0.4, 0.5) is 5.69 Å². The monoisotopic (exact) mass is 625 g/mol. The lowest BCUT2D eigenvalue weighted by molar-refractivity contribution is -0.391. The lowest BCUT2D eigenvalue weighted by Crippen LogP contribution is -2.46. The Bertz CT molecular complexity index is 1320. The van der Waals surface area contributed by atoms with Gasteiger partial charge in [-0.3, -0.25) is 19.2 Å². The van der Waals surface area contributed by atoms with Crippen LogP contribution in [0.5, 0.6) is 0 Å². The average molecular weight is 626 g/mol. The first kappa shape index (κ1) is 36.0. The van der Waals surface area contributed by atoms with Crippen LogP contribution in [0.2, 0.25) is 0 Å². The minimum Gasteiger partial charge on any atom is -0.481 e. The molecule has 0 saturated carbocycles. The summed E-state index contributed by atoms with van der Waals surface area (Å²) < 4.78 is 0. The summed E-state index contributed by atoms with van der Waals surface area (Å²) in [5.41, 5.74) is -0.0908. The maximum Gasteiger partial charge on any atom is 0.326 e. The van der Waals surface area contributed by atoms with Gasteiger partial charge in [0.05, 0.1) is 30.9 Å². The van der Waals surface area contributed by atoms with Gasteiger partial charge in [0.2, 0.25) is 18.1 Å². The van der Waals surface area contributed by atoms with E-state index in [1.54, 1.807) is 30.3 Å². The zero-order valence-electron chi connectivity index (χ0n) is 23.5. The summed E-state index contributed by atoms with van der Waals surface area (Å²) in [4.78, 5) is 70.0. The average Bonchev–Trinajstić information content (AvgIpc) is 2.99. The number of nitrogens with one attached hydrogen (secondary N) is 3. The molecule has 0 heterocycles. The minimum absolute atomic E-state index is 0.00699. The van der Waals surface area contributed by atoms with Crippen LogP contribution in [0, 0.1) is 0 Å². The Hall–Kier alpha value is -4.23. The smallest absolute Gasteiger partial charge is 0.326 e. The topological polar surface area (TPSA) is 282 Å². The maximum atomic E-state index is 13.3. The van der Waals surface area contributed by atoms with E-state index in [2.05, 4.69) is 25.7 Å². The van der Waals surface area contributed by atoms with E-state index in [4.69, 9.17) is 10.2 Å². The van der Waals surface area contributed by atoms with Crippen LogP contribution < -0.4 is 16.0 Å². The Kier molecular flexibility index (Phi) is 14.0. The number of aliphatic hydroxyl groups excluding tert-OH is 5. The van der Waals surface area contributed by atoms with E-state index in [1.165, 1.54) is 13.0 Å². The van der Waals surface area contributed by atoms with Crippen LogP contribution >= 0.6 is 0 Å². The number of rotatable bonds is 18.